The molecule has 5 heteroatoms. The number of hydrogen-bond donors (Lipinski definition) is 1. The topological polar surface area (TPSA) is 49.0 Å². The fourth-order valence-corrected chi connectivity index (χ4v) is 4.03. The number of ether oxygens (including phenoxy) is 4. The molecule has 5 nitrogen and oxygen atoms in total. The molecule has 2 aromatic carbocycles. The Morgan fingerprint density at radius 1 is 0.806 bits per heavy atom. The molecule has 2 aromatic rings. The van der Waals surface area contributed by atoms with Gasteiger partial charge in [0.05, 0.1) is 33.5 Å². The molecular weight excluding hydrogens is 390 g/mol. The van der Waals surface area contributed by atoms with Crippen molar-refractivity contribution in [2.24, 2.45) is 0 Å². The van der Waals surface area contributed by atoms with Crippen LogP contribution in [-0.2, 0) is 6.42 Å². The molecule has 31 heavy (non-hydrogen) atoms. The van der Waals surface area contributed by atoms with E-state index in [-0.39, 0.29) is 6.04 Å². The first-order valence-corrected chi connectivity index (χ1v) is 11.5. The molecule has 0 aliphatic carbocycles. The summed E-state index contributed by atoms with van der Waals surface area (Å²) in [5, 5.41) is 3.69. The molecule has 0 amide bonds. The van der Waals surface area contributed by atoms with Gasteiger partial charge in [0.25, 0.3) is 0 Å². The Labute approximate surface area is 187 Å². The van der Waals surface area contributed by atoms with Crippen LogP contribution in [0.2, 0.25) is 0 Å². The second-order valence-corrected chi connectivity index (χ2v) is 8.10. The third kappa shape index (κ3) is 5.45. The summed E-state index contributed by atoms with van der Waals surface area (Å²) in [6.45, 7) is 8.78. The van der Waals surface area contributed by atoms with Crippen molar-refractivity contribution in [3.8, 4) is 23.0 Å². The molecule has 0 spiro atoms. The van der Waals surface area contributed by atoms with E-state index in [0.717, 1.165) is 61.6 Å². The van der Waals surface area contributed by atoms with Crippen molar-refractivity contribution in [1.29, 1.82) is 0 Å². The lowest BCUT2D eigenvalue weighted by Crippen LogP contribution is -2.31. The van der Waals surface area contributed by atoms with Gasteiger partial charge in [-0.25, -0.2) is 0 Å². The Morgan fingerprint density at radius 3 is 2.00 bits per heavy atom. The van der Waals surface area contributed by atoms with Crippen LogP contribution in [0.4, 0.5) is 0 Å². The number of aryl methyl sites for hydroxylation is 1. The van der Waals surface area contributed by atoms with Gasteiger partial charge in [0.2, 0.25) is 0 Å². The van der Waals surface area contributed by atoms with Gasteiger partial charge in [-0.05, 0) is 72.7 Å². The predicted molar refractivity (Wildman–Crippen MR) is 125 cm³/mol. The average Bonchev–Trinajstić information content (AvgIpc) is 2.79. The van der Waals surface area contributed by atoms with Gasteiger partial charge in [-0.15, -0.1) is 0 Å². The van der Waals surface area contributed by atoms with Crippen LogP contribution in [0.25, 0.3) is 0 Å². The summed E-state index contributed by atoms with van der Waals surface area (Å²) in [7, 11) is 3.40. The number of methoxy groups -OCH3 is 2. The number of hydrogen-bond acceptors (Lipinski definition) is 5. The second kappa shape index (κ2) is 11.3. The predicted octanol–water partition coefficient (Wildman–Crippen LogP) is 5.61. The molecule has 1 aliphatic rings. The van der Waals surface area contributed by atoms with E-state index in [1.807, 2.05) is 0 Å². The number of nitrogens with one attached hydrogen (secondary N) is 1. The summed E-state index contributed by atoms with van der Waals surface area (Å²) >= 11 is 0. The summed E-state index contributed by atoms with van der Waals surface area (Å²) < 4.78 is 23.4. The number of benzene rings is 2. The first kappa shape index (κ1) is 23.3. The molecule has 1 heterocycles. The smallest absolute Gasteiger partial charge is 0.161 e. The van der Waals surface area contributed by atoms with Gasteiger partial charge in [0.15, 0.2) is 23.0 Å². The van der Waals surface area contributed by atoms with Gasteiger partial charge in [0, 0.05) is 6.54 Å². The molecular formula is C26H37NO4. The van der Waals surface area contributed by atoms with Crippen molar-refractivity contribution >= 4 is 0 Å². The standard InChI is InChI=1S/C26H37NO4/c1-6-8-12-30-24-15-19-10-11-27-26(21(19)17-23(24)29-5)20-16-25(31-13-9-7-2)22(28-4)14-18(20)3/h14-17,26-27H,6-13H2,1-5H3. The molecule has 3 rings (SSSR count). The summed E-state index contributed by atoms with van der Waals surface area (Å²) in [6.07, 6.45) is 5.24. The Balaban J connectivity index is 1.97. The Bertz CT molecular complexity index is 865. The Kier molecular flexibility index (Phi) is 8.47. The average molecular weight is 428 g/mol. The van der Waals surface area contributed by atoms with Crippen molar-refractivity contribution in [2.45, 2.75) is 58.9 Å². The van der Waals surface area contributed by atoms with Crippen LogP contribution in [0.1, 0.15) is 67.8 Å². The van der Waals surface area contributed by atoms with Gasteiger partial charge < -0.3 is 24.3 Å². The highest BCUT2D eigenvalue weighted by Crippen LogP contribution is 2.41. The minimum absolute atomic E-state index is 0.0711. The molecule has 170 valence electrons. The van der Waals surface area contributed by atoms with Crippen LogP contribution in [0, 0.1) is 6.92 Å². The normalized spacial score (nSPS) is 15.3. The van der Waals surface area contributed by atoms with Crippen LogP contribution in [0.15, 0.2) is 24.3 Å². The number of unbranched alkanes of at least 4 members (excludes halogenated alkanes) is 2. The minimum Gasteiger partial charge on any atom is -0.493 e. The van der Waals surface area contributed by atoms with Gasteiger partial charge in [-0.1, -0.05) is 26.7 Å². The molecule has 1 atom stereocenters. The molecule has 0 saturated heterocycles. The van der Waals surface area contributed by atoms with Crippen LogP contribution in [-0.4, -0.2) is 34.0 Å². The molecule has 0 bridgehead atoms. The Hall–Kier alpha value is -2.40. The van der Waals surface area contributed by atoms with Gasteiger partial charge >= 0.3 is 0 Å². The Morgan fingerprint density at radius 2 is 1.39 bits per heavy atom. The van der Waals surface area contributed by atoms with Gasteiger partial charge in [0.1, 0.15) is 0 Å². The monoisotopic (exact) mass is 427 g/mol. The summed E-state index contributed by atoms with van der Waals surface area (Å²) in [5.74, 6) is 3.21. The van der Waals surface area contributed by atoms with E-state index < -0.39 is 0 Å². The van der Waals surface area contributed by atoms with Crippen molar-refractivity contribution in [3.05, 3.63) is 46.5 Å². The zero-order valence-corrected chi connectivity index (χ0v) is 19.7. The highest BCUT2D eigenvalue weighted by Gasteiger charge is 2.26. The fourth-order valence-electron chi connectivity index (χ4n) is 4.03. The number of rotatable bonds is 11. The lowest BCUT2D eigenvalue weighted by molar-refractivity contribution is 0.286. The highest BCUT2D eigenvalue weighted by molar-refractivity contribution is 5.55. The van der Waals surface area contributed by atoms with E-state index in [2.05, 4.69) is 50.4 Å². The molecule has 0 aromatic heterocycles. The summed E-state index contributed by atoms with van der Waals surface area (Å²) in [4.78, 5) is 0. The van der Waals surface area contributed by atoms with E-state index >= 15 is 0 Å². The second-order valence-electron chi connectivity index (χ2n) is 8.10. The quantitative estimate of drug-likeness (QED) is 0.473. The van der Waals surface area contributed by atoms with E-state index in [1.54, 1.807) is 14.2 Å². The SMILES string of the molecule is CCCCOc1cc2c(cc1OC)C(c1cc(OCCCC)c(OC)cc1C)NCC2. The highest BCUT2D eigenvalue weighted by atomic mass is 16.5. The maximum atomic E-state index is 6.06. The lowest BCUT2D eigenvalue weighted by Gasteiger charge is -2.30. The van der Waals surface area contributed by atoms with E-state index in [1.165, 1.54) is 22.3 Å². The molecule has 0 radical (unpaired) electrons. The number of fused-ring (bicyclic) bond motifs is 1. The largest absolute Gasteiger partial charge is 0.493 e. The molecule has 0 saturated carbocycles. The zero-order valence-electron chi connectivity index (χ0n) is 19.7. The molecule has 0 fully saturated rings. The molecule has 1 aliphatic heterocycles. The van der Waals surface area contributed by atoms with Crippen LogP contribution in [0.5, 0.6) is 23.0 Å². The minimum atomic E-state index is 0.0711. The van der Waals surface area contributed by atoms with E-state index in [4.69, 9.17) is 18.9 Å². The fraction of sp³-hybridized carbons (Fsp3) is 0.538. The third-order valence-electron chi connectivity index (χ3n) is 5.85. The maximum absolute atomic E-state index is 6.06. The van der Waals surface area contributed by atoms with Crippen LogP contribution < -0.4 is 24.3 Å². The summed E-state index contributed by atoms with van der Waals surface area (Å²) in [5.41, 5.74) is 4.92. The lowest BCUT2D eigenvalue weighted by atomic mass is 9.87. The molecule has 1 unspecified atom stereocenters. The van der Waals surface area contributed by atoms with E-state index in [9.17, 15) is 0 Å². The van der Waals surface area contributed by atoms with Crippen LogP contribution in [0.3, 0.4) is 0 Å². The first-order chi connectivity index (χ1) is 15.1. The van der Waals surface area contributed by atoms with Crippen LogP contribution >= 0.6 is 0 Å². The van der Waals surface area contributed by atoms with Gasteiger partial charge in [-0.3, -0.25) is 0 Å². The van der Waals surface area contributed by atoms with Gasteiger partial charge in [-0.2, -0.15) is 0 Å². The maximum Gasteiger partial charge on any atom is 0.161 e. The van der Waals surface area contributed by atoms with Crippen molar-refractivity contribution in [2.75, 3.05) is 34.0 Å². The third-order valence-corrected chi connectivity index (χ3v) is 5.85. The van der Waals surface area contributed by atoms with Crippen molar-refractivity contribution in [1.82, 2.24) is 5.32 Å². The summed E-state index contributed by atoms with van der Waals surface area (Å²) in [6, 6.07) is 8.58. The molecule has 1 N–H and O–H groups in total. The van der Waals surface area contributed by atoms with Crippen molar-refractivity contribution in [3.63, 3.8) is 0 Å². The van der Waals surface area contributed by atoms with E-state index in [0.29, 0.717) is 13.2 Å². The van der Waals surface area contributed by atoms with Crippen molar-refractivity contribution < 1.29 is 18.9 Å². The zero-order chi connectivity index (χ0) is 22.2. The first-order valence-electron chi connectivity index (χ1n) is 11.5.